The van der Waals surface area contributed by atoms with E-state index in [2.05, 4.69) is 10.6 Å². The van der Waals surface area contributed by atoms with Crippen molar-refractivity contribution in [2.24, 2.45) is 0 Å². The molecule has 3 nitrogen and oxygen atoms in total. The lowest BCUT2D eigenvalue weighted by atomic mass is 10.0. The fourth-order valence-electron chi connectivity index (χ4n) is 1.62. The summed E-state index contributed by atoms with van der Waals surface area (Å²) in [5.74, 6) is 0. The maximum atomic E-state index is 8.14. The van der Waals surface area contributed by atoms with Crippen LogP contribution in [0.5, 0.6) is 0 Å². The number of likely N-dealkylation sites (N-methyl/N-ethyl adjacent to an activating group) is 2. The van der Waals surface area contributed by atoms with E-state index in [4.69, 9.17) is 5.41 Å². The number of nitrogens with two attached hydrogens (primary N) is 1. The van der Waals surface area contributed by atoms with Crippen LogP contribution < -0.4 is 10.6 Å². The van der Waals surface area contributed by atoms with Crippen molar-refractivity contribution in [2.45, 2.75) is 6.92 Å². The second-order valence-corrected chi connectivity index (χ2v) is 3.71. The molecular formula is C13H20N3+. The molecule has 0 heterocycles. The standard InChI is InChI=1S/C13H19N3/c1-10(12(16-3)9-15-2)13(14)11-7-5-4-6-8-11/h4-8,14-16H,9H2,1-3H3/p+1. The highest BCUT2D eigenvalue weighted by molar-refractivity contribution is 6.10. The van der Waals surface area contributed by atoms with E-state index >= 15 is 0 Å². The number of nitrogens with one attached hydrogen (secondary N) is 2. The second-order valence-electron chi connectivity index (χ2n) is 3.71. The molecule has 0 aliphatic carbocycles. The Kier molecular flexibility index (Phi) is 4.89. The summed E-state index contributed by atoms with van der Waals surface area (Å²) in [6.45, 7) is 2.81. The number of benzene rings is 1. The van der Waals surface area contributed by atoms with Gasteiger partial charge in [-0.2, -0.15) is 0 Å². The Labute approximate surface area is 97.1 Å². The highest BCUT2D eigenvalue weighted by atomic mass is 14.9. The summed E-state index contributed by atoms with van der Waals surface area (Å²) in [5.41, 5.74) is 3.78. The van der Waals surface area contributed by atoms with Gasteiger partial charge in [0.05, 0.1) is 19.3 Å². The summed E-state index contributed by atoms with van der Waals surface area (Å²) in [5, 5.41) is 13.3. The molecule has 1 rings (SSSR count). The van der Waals surface area contributed by atoms with Crippen LogP contribution in [-0.4, -0.2) is 26.4 Å². The first kappa shape index (κ1) is 12.6. The highest BCUT2D eigenvalue weighted by Gasteiger charge is 2.10. The average Bonchev–Trinajstić information content (AvgIpc) is 2.35. The molecule has 16 heavy (non-hydrogen) atoms. The fourth-order valence-corrected chi connectivity index (χ4v) is 1.62. The van der Waals surface area contributed by atoms with Gasteiger partial charge in [-0.1, -0.05) is 30.3 Å². The van der Waals surface area contributed by atoms with Crippen LogP contribution in [0, 0.1) is 5.41 Å². The first-order chi connectivity index (χ1) is 7.70. The van der Waals surface area contributed by atoms with E-state index in [0.29, 0.717) is 5.71 Å². The van der Waals surface area contributed by atoms with E-state index in [1.165, 1.54) is 5.70 Å². The normalized spacial score (nSPS) is 12.2. The fraction of sp³-hybridized carbons (Fsp3) is 0.308. The average molecular weight is 218 g/mol. The van der Waals surface area contributed by atoms with Crippen molar-refractivity contribution < 1.29 is 5.32 Å². The third kappa shape index (κ3) is 3.02. The lowest BCUT2D eigenvalue weighted by Crippen LogP contribution is -2.79. The van der Waals surface area contributed by atoms with Gasteiger partial charge in [0.15, 0.2) is 0 Å². The Bertz CT molecular complexity index is 379. The van der Waals surface area contributed by atoms with Crippen LogP contribution in [0.2, 0.25) is 0 Å². The molecule has 0 aromatic heterocycles. The molecule has 0 spiro atoms. The molecule has 1 aromatic rings. The van der Waals surface area contributed by atoms with E-state index in [9.17, 15) is 0 Å². The van der Waals surface area contributed by atoms with Gasteiger partial charge in [-0.05, 0) is 19.5 Å². The molecule has 3 heteroatoms. The summed E-state index contributed by atoms with van der Waals surface area (Å²) >= 11 is 0. The molecule has 4 N–H and O–H groups in total. The minimum atomic E-state index is 0.601. The summed E-state index contributed by atoms with van der Waals surface area (Å²) < 4.78 is 0. The van der Waals surface area contributed by atoms with Crippen molar-refractivity contribution in [2.75, 3.05) is 20.6 Å². The van der Waals surface area contributed by atoms with Crippen LogP contribution in [0.4, 0.5) is 0 Å². The molecular weight excluding hydrogens is 198 g/mol. The number of quaternary nitrogens is 1. The molecule has 0 aliphatic rings. The Morgan fingerprint density at radius 1 is 1.31 bits per heavy atom. The molecule has 0 aliphatic heterocycles. The van der Waals surface area contributed by atoms with Gasteiger partial charge in [0.25, 0.3) is 0 Å². The van der Waals surface area contributed by atoms with Gasteiger partial charge in [0, 0.05) is 5.57 Å². The third-order valence-electron chi connectivity index (χ3n) is 2.63. The Morgan fingerprint density at radius 3 is 2.44 bits per heavy atom. The Hall–Kier alpha value is -1.45. The number of rotatable bonds is 5. The van der Waals surface area contributed by atoms with Crippen LogP contribution in [0.15, 0.2) is 41.6 Å². The summed E-state index contributed by atoms with van der Waals surface area (Å²) in [6.07, 6.45) is 0. The van der Waals surface area contributed by atoms with Crippen molar-refractivity contribution in [1.82, 2.24) is 5.32 Å². The summed E-state index contributed by atoms with van der Waals surface area (Å²) in [4.78, 5) is 0. The van der Waals surface area contributed by atoms with Gasteiger partial charge in [0.2, 0.25) is 0 Å². The van der Waals surface area contributed by atoms with Crippen LogP contribution >= 0.6 is 0 Å². The van der Waals surface area contributed by atoms with E-state index in [1.807, 2.05) is 51.4 Å². The van der Waals surface area contributed by atoms with Gasteiger partial charge in [-0.15, -0.1) is 0 Å². The minimum Gasteiger partial charge on any atom is -0.318 e. The molecule has 0 unspecified atom stereocenters. The number of allylic oxidation sites excluding steroid dienone is 1. The molecule has 0 radical (unpaired) electrons. The zero-order valence-corrected chi connectivity index (χ0v) is 10.2. The molecule has 86 valence electrons. The lowest BCUT2D eigenvalue weighted by molar-refractivity contribution is -0.577. The minimum absolute atomic E-state index is 0.601. The van der Waals surface area contributed by atoms with Gasteiger partial charge in [-0.25, -0.2) is 0 Å². The van der Waals surface area contributed by atoms with Gasteiger partial charge in [0.1, 0.15) is 5.70 Å². The van der Waals surface area contributed by atoms with Gasteiger partial charge >= 0.3 is 0 Å². The highest BCUT2D eigenvalue weighted by Crippen LogP contribution is 2.08. The maximum absolute atomic E-state index is 8.14. The van der Waals surface area contributed by atoms with Crippen molar-refractivity contribution in [3.05, 3.63) is 47.2 Å². The predicted octanol–water partition coefficient (Wildman–Crippen LogP) is 0.741. The molecule has 0 atom stereocenters. The molecule has 0 fully saturated rings. The van der Waals surface area contributed by atoms with Crippen molar-refractivity contribution >= 4 is 5.71 Å². The largest absolute Gasteiger partial charge is 0.318 e. The molecule has 0 amide bonds. The molecule has 0 bridgehead atoms. The summed E-state index contributed by atoms with van der Waals surface area (Å²) in [7, 11) is 3.93. The van der Waals surface area contributed by atoms with Crippen LogP contribution in [0.1, 0.15) is 12.5 Å². The van der Waals surface area contributed by atoms with Crippen molar-refractivity contribution in [1.29, 1.82) is 5.41 Å². The van der Waals surface area contributed by atoms with Crippen molar-refractivity contribution in [3.63, 3.8) is 0 Å². The summed E-state index contributed by atoms with van der Waals surface area (Å²) in [6, 6.07) is 9.84. The van der Waals surface area contributed by atoms with E-state index in [1.54, 1.807) is 0 Å². The lowest BCUT2D eigenvalue weighted by Gasteiger charge is -2.09. The third-order valence-corrected chi connectivity index (χ3v) is 2.63. The zero-order chi connectivity index (χ0) is 12.0. The van der Waals surface area contributed by atoms with Gasteiger partial charge < -0.3 is 10.6 Å². The van der Waals surface area contributed by atoms with Crippen LogP contribution in [0.3, 0.4) is 0 Å². The van der Waals surface area contributed by atoms with E-state index in [0.717, 1.165) is 17.7 Å². The molecule has 0 saturated carbocycles. The Balaban J connectivity index is 2.96. The monoisotopic (exact) mass is 218 g/mol. The number of hydrogen-bond acceptors (Lipinski definition) is 2. The Morgan fingerprint density at radius 2 is 1.94 bits per heavy atom. The maximum Gasteiger partial charge on any atom is 0.124 e. The van der Waals surface area contributed by atoms with E-state index < -0.39 is 0 Å². The first-order valence-corrected chi connectivity index (χ1v) is 5.48. The molecule has 1 aromatic carbocycles. The quantitative estimate of drug-likeness (QED) is 0.627. The van der Waals surface area contributed by atoms with E-state index in [-0.39, 0.29) is 0 Å². The number of hydrogen-bond donors (Lipinski definition) is 3. The van der Waals surface area contributed by atoms with Gasteiger partial charge in [-0.3, -0.25) is 5.41 Å². The second kappa shape index (κ2) is 6.20. The first-order valence-electron chi connectivity index (χ1n) is 5.48. The van der Waals surface area contributed by atoms with Crippen molar-refractivity contribution in [3.8, 4) is 0 Å². The zero-order valence-electron chi connectivity index (χ0n) is 10.2. The molecule has 0 saturated heterocycles. The topological polar surface area (TPSA) is 52.5 Å². The SMILES string of the molecule is CNCC([NH2+]C)=C(C)C(=N)c1ccccc1. The predicted molar refractivity (Wildman–Crippen MR) is 67.7 cm³/mol. The van der Waals surface area contributed by atoms with Crippen LogP contribution in [-0.2, 0) is 0 Å². The smallest absolute Gasteiger partial charge is 0.124 e. The van der Waals surface area contributed by atoms with Crippen LogP contribution in [0.25, 0.3) is 0 Å².